The Kier molecular flexibility index (Phi) is 2.93. The number of hydrogen-bond donors (Lipinski definition) is 2. The zero-order valence-corrected chi connectivity index (χ0v) is 10.3. The minimum Gasteiger partial charge on any atom is -0.389 e. The summed E-state index contributed by atoms with van der Waals surface area (Å²) < 4.78 is 0. The standard InChI is InChI=1S/C15H21NO/c17-15(9-3-4-10-15)11-16-14-8-7-12-5-1-2-6-13(12)14/h1-2,5-6,14,16-17H,3-4,7-11H2. The third-order valence-corrected chi connectivity index (χ3v) is 4.34. The van der Waals surface area contributed by atoms with E-state index in [4.69, 9.17) is 0 Å². The molecule has 2 N–H and O–H groups in total. The fourth-order valence-corrected chi connectivity index (χ4v) is 3.29. The number of aryl methyl sites for hydroxylation is 1. The van der Waals surface area contributed by atoms with Crippen molar-refractivity contribution in [1.82, 2.24) is 5.32 Å². The van der Waals surface area contributed by atoms with Gasteiger partial charge in [0.2, 0.25) is 0 Å². The molecule has 0 aliphatic heterocycles. The van der Waals surface area contributed by atoms with Crippen LogP contribution in [0.1, 0.15) is 49.3 Å². The van der Waals surface area contributed by atoms with Gasteiger partial charge in [0.25, 0.3) is 0 Å². The van der Waals surface area contributed by atoms with Crippen LogP contribution < -0.4 is 5.32 Å². The molecule has 1 aromatic rings. The Morgan fingerprint density at radius 3 is 2.82 bits per heavy atom. The van der Waals surface area contributed by atoms with Crippen molar-refractivity contribution in [3.8, 4) is 0 Å². The van der Waals surface area contributed by atoms with Crippen molar-refractivity contribution in [1.29, 1.82) is 0 Å². The van der Waals surface area contributed by atoms with Gasteiger partial charge >= 0.3 is 0 Å². The van der Waals surface area contributed by atoms with Crippen molar-refractivity contribution in [2.45, 2.75) is 50.2 Å². The minimum atomic E-state index is -0.433. The molecule has 3 rings (SSSR count). The fraction of sp³-hybridized carbons (Fsp3) is 0.600. The van der Waals surface area contributed by atoms with Crippen LogP contribution in [0, 0.1) is 0 Å². The Morgan fingerprint density at radius 1 is 1.24 bits per heavy atom. The molecule has 2 heteroatoms. The SMILES string of the molecule is OC1(CNC2CCc3ccccc32)CCCC1. The second-order valence-electron chi connectivity index (χ2n) is 5.60. The largest absolute Gasteiger partial charge is 0.389 e. The molecule has 0 aromatic heterocycles. The van der Waals surface area contributed by atoms with E-state index in [9.17, 15) is 5.11 Å². The second-order valence-corrected chi connectivity index (χ2v) is 5.60. The van der Waals surface area contributed by atoms with E-state index < -0.39 is 5.60 Å². The number of nitrogens with one attached hydrogen (secondary N) is 1. The monoisotopic (exact) mass is 231 g/mol. The summed E-state index contributed by atoms with van der Waals surface area (Å²) in [5.74, 6) is 0. The van der Waals surface area contributed by atoms with Gasteiger partial charge in [-0.1, -0.05) is 37.1 Å². The summed E-state index contributed by atoms with van der Waals surface area (Å²) in [5.41, 5.74) is 2.48. The van der Waals surface area contributed by atoms with Gasteiger partial charge in [0.15, 0.2) is 0 Å². The van der Waals surface area contributed by atoms with E-state index >= 15 is 0 Å². The molecule has 1 saturated carbocycles. The predicted octanol–water partition coefficient (Wildman–Crippen LogP) is 2.57. The smallest absolute Gasteiger partial charge is 0.0771 e. The van der Waals surface area contributed by atoms with E-state index in [-0.39, 0.29) is 0 Å². The number of benzene rings is 1. The molecule has 92 valence electrons. The summed E-state index contributed by atoms with van der Waals surface area (Å²) >= 11 is 0. The van der Waals surface area contributed by atoms with E-state index in [1.54, 1.807) is 0 Å². The van der Waals surface area contributed by atoms with Crippen molar-refractivity contribution >= 4 is 0 Å². The zero-order valence-electron chi connectivity index (χ0n) is 10.3. The Hall–Kier alpha value is -0.860. The molecule has 1 unspecified atom stereocenters. The molecule has 2 aliphatic carbocycles. The van der Waals surface area contributed by atoms with Crippen LogP contribution in [-0.2, 0) is 6.42 Å². The Bertz CT molecular complexity index is 396. The zero-order chi connectivity index (χ0) is 11.7. The van der Waals surface area contributed by atoms with E-state index in [1.807, 2.05) is 0 Å². The Balaban J connectivity index is 1.64. The highest BCUT2D eigenvalue weighted by molar-refractivity contribution is 5.34. The molecule has 2 nitrogen and oxygen atoms in total. The summed E-state index contributed by atoms with van der Waals surface area (Å²) in [5, 5.41) is 13.9. The van der Waals surface area contributed by atoms with Crippen LogP contribution in [0.15, 0.2) is 24.3 Å². The van der Waals surface area contributed by atoms with Gasteiger partial charge in [-0.2, -0.15) is 0 Å². The van der Waals surface area contributed by atoms with Crippen LogP contribution in [0.4, 0.5) is 0 Å². The first-order chi connectivity index (χ1) is 8.27. The van der Waals surface area contributed by atoms with Crippen molar-refractivity contribution in [3.05, 3.63) is 35.4 Å². The lowest BCUT2D eigenvalue weighted by Gasteiger charge is -2.25. The van der Waals surface area contributed by atoms with E-state index in [1.165, 1.54) is 36.8 Å². The van der Waals surface area contributed by atoms with Crippen LogP contribution in [0.25, 0.3) is 0 Å². The molecule has 0 heterocycles. The highest BCUT2D eigenvalue weighted by atomic mass is 16.3. The van der Waals surface area contributed by atoms with Gasteiger partial charge in [-0.15, -0.1) is 0 Å². The number of hydrogen-bond acceptors (Lipinski definition) is 2. The van der Waals surface area contributed by atoms with Crippen LogP contribution in [0.3, 0.4) is 0 Å². The van der Waals surface area contributed by atoms with Gasteiger partial charge in [-0.25, -0.2) is 0 Å². The summed E-state index contributed by atoms with van der Waals surface area (Å²) in [6, 6.07) is 9.13. The minimum absolute atomic E-state index is 0.433. The molecule has 1 aromatic carbocycles. The lowest BCUT2D eigenvalue weighted by molar-refractivity contribution is 0.0448. The molecule has 2 aliphatic rings. The van der Waals surface area contributed by atoms with E-state index in [2.05, 4.69) is 29.6 Å². The first kappa shape index (κ1) is 11.2. The first-order valence-corrected chi connectivity index (χ1v) is 6.80. The number of aliphatic hydroxyl groups is 1. The molecule has 0 bridgehead atoms. The van der Waals surface area contributed by atoms with Crippen molar-refractivity contribution in [3.63, 3.8) is 0 Å². The van der Waals surface area contributed by atoms with Crippen molar-refractivity contribution in [2.24, 2.45) is 0 Å². The van der Waals surface area contributed by atoms with Gasteiger partial charge < -0.3 is 10.4 Å². The normalized spacial score (nSPS) is 26.1. The molecular formula is C15H21NO. The van der Waals surface area contributed by atoms with Crippen molar-refractivity contribution < 1.29 is 5.11 Å². The Labute approximate surface area is 103 Å². The third kappa shape index (κ3) is 2.24. The van der Waals surface area contributed by atoms with Gasteiger partial charge in [0, 0.05) is 12.6 Å². The molecule has 1 fully saturated rings. The highest BCUT2D eigenvalue weighted by Gasteiger charge is 2.32. The van der Waals surface area contributed by atoms with Gasteiger partial charge in [-0.05, 0) is 36.8 Å². The first-order valence-electron chi connectivity index (χ1n) is 6.80. The molecule has 0 radical (unpaired) electrons. The second kappa shape index (κ2) is 4.43. The van der Waals surface area contributed by atoms with Crippen LogP contribution >= 0.6 is 0 Å². The summed E-state index contributed by atoms with van der Waals surface area (Å²) in [7, 11) is 0. The average molecular weight is 231 g/mol. The third-order valence-electron chi connectivity index (χ3n) is 4.34. The van der Waals surface area contributed by atoms with Crippen LogP contribution in [0.5, 0.6) is 0 Å². The topological polar surface area (TPSA) is 32.3 Å². The molecule has 1 atom stereocenters. The molecule has 0 amide bonds. The van der Waals surface area contributed by atoms with E-state index in [0.717, 1.165) is 19.4 Å². The maximum absolute atomic E-state index is 10.3. The van der Waals surface area contributed by atoms with Gasteiger partial charge in [0.1, 0.15) is 0 Å². The summed E-state index contributed by atoms with van der Waals surface area (Å²) in [6.45, 7) is 0.756. The number of rotatable bonds is 3. The molecular weight excluding hydrogens is 210 g/mol. The molecule has 0 spiro atoms. The lowest BCUT2D eigenvalue weighted by atomic mass is 10.0. The highest BCUT2D eigenvalue weighted by Crippen LogP contribution is 2.33. The van der Waals surface area contributed by atoms with E-state index in [0.29, 0.717) is 6.04 Å². The Morgan fingerprint density at radius 2 is 2.00 bits per heavy atom. The average Bonchev–Trinajstić information content (AvgIpc) is 2.94. The quantitative estimate of drug-likeness (QED) is 0.838. The van der Waals surface area contributed by atoms with Crippen LogP contribution in [-0.4, -0.2) is 17.3 Å². The molecule has 17 heavy (non-hydrogen) atoms. The number of fused-ring (bicyclic) bond motifs is 1. The van der Waals surface area contributed by atoms with Crippen molar-refractivity contribution in [2.75, 3.05) is 6.54 Å². The maximum atomic E-state index is 10.3. The van der Waals surface area contributed by atoms with Gasteiger partial charge in [0.05, 0.1) is 5.60 Å². The molecule has 0 saturated heterocycles. The van der Waals surface area contributed by atoms with Gasteiger partial charge in [-0.3, -0.25) is 0 Å². The fourth-order valence-electron chi connectivity index (χ4n) is 3.29. The lowest BCUT2D eigenvalue weighted by Crippen LogP contribution is -2.39. The summed E-state index contributed by atoms with van der Waals surface area (Å²) in [4.78, 5) is 0. The maximum Gasteiger partial charge on any atom is 0.0771 e. The summed E-state index contributed by atoms with van der Waals surface area (Å²) in [6.07, 6.45) is 6.64. The predicted molar refractivity (Wildman–Crippen MR) is 68.9 cm³/mol. The van der Waals surface area contributed by atoms with Crippen LogP contribution in [0.2, 0.25) is 0 Å².